The summed E-state index contributed by atoms with van der Waals surface area (Å²) >= 11 is 6.58. The number of nitrogens with zero attached hydrogens (tertiary/aromatic N) is 2. The molecule has 2 aromatic rings. The zero-order chi connectivity index (χ0) is 21.9. The zero-order valence-corrected chi connectivity index (χ0v) is 18.9. The van der Waals surface area contributed by atoms with Gasteiger partial charge in [-0.25, -0.2) is 5.43 Å². The predicted molar refractivity (Wildman–Crippen MR) is 125 cm³/mol. The Labute approximate surface area is 183 Å². The first-order chi connectivity index (χ1) is 14.3. The van der Waals surface area contributed by atoms with E-state index in [-0.39, 0.29) is 11.4 Å². The summed E-state index contributed by atoms with van der Waals surface area (Å²) in [6.07, 6.45) is 4.90. The summed E-state index contributed by atoms with van der Waals surface area (Å²) in [5.41, 5.74) is 7.10. The van der Waals surface area contributed by atoms with E-state index in [1.807, 2.05) is 18.2 Å². The molecule has 6 heteroatoms. The molecule has 1 amide bonds. The van der Waals surface area contributed by atoms with Gasteiger partial charge in [0.1, 0.15) is 5.75 Å². The molecule has 158 valence electrons. The quantitative estimate of drug-likeness (QED) is 0.489. The first kappa shape index (κ1) is 21.9. The van der Waals surface area contributed by atoms with Gasteiger partial charge in [-0.3, -0.25) is 4.79 Å². The molecule has 0 saturated carbocycles. The van der Waals surface area contributed by atoms with Crippen molar-refractivity contribution in [3.63, 3.8) is 0 Å². The maximum Gasteiger partial charge on any atom is 0.275 e. The molecule has 0 atom stereocenters. The van der Waals surface area contributed by atoms with Gasteiger partial charge in [-0.05, 0) is 57.0 Å². The Morgan fingerprint density at radius 1 is 1.30 bits per heavy atom. The van der Waals surface area contributed by atoms with Crippen molar-refractivity contribution < 1.29 is 9.53 Å². The highest BCUT2D eigenvalue weighted by Gasteiger charge is 2.31. The minimum Gasteiger partial charge on any atom is -0.496 e. The van der Waals surface area contributed by atoms with E-state index in [0.29, 0.717) is 16.3 Å². The summed E-state index contributed by atoms with van der Waals surface area (Å²) in [6, 6.07) is 11.0. The van der Waals surface area contributed by atoms with Crippen molar-refractivity contribution in [3.8, 4) is 5.75 Å². The minimum atomic E-state index is -0.343. The topological polar surface area (TPSA) is 53.9 Å². The second-order valence-corrected chi connectivity index (χ2v) is 8.33. The smallest absolute Gasteiger partial charge is 0.275 e. The summed E-state index contributed by atoms with van der Waals surface area (Å²) in [5, 5.41) is 4.71. The van der Waals surface area contributed by atoms with E-state index in [1.54, 1.807) is 24.4 Å². The number of hydrogen-bond acceptors (Lipinski definition) is 4. The van der Waals surface area contributed by atoms with Gasteiger partial charge in [-0.15, -0.1) is 0 Å². The van der Waals surface area contributed by atoms with Crippen molar-refractivity contribution >= 4 is 35.0 Å². The molecule has 0 bridgehead atoms. The number of fused-ring (bicyclic) bond motifs is 1. The summed E-state index contributed by atoms with van der Waals surface area (Å²) in [6.45, 7) is 9.66. The third-order valence-corrected chi connectivity index (χ3v) is 5.59. The predicted octanol–water partition coefficient (Wildman–Crippen LogP) is 5.52. The molecule has 0 spiro atoms. The highest BCUT2D eigenvalue weighted by atomic mass is 35.5. The maximum absolute atomic E-state index is 12.4. The number of rotatable bonds is 6. The molecule has 0 saturated heterocycles. The van der Waals surface area contributed by atoms with Gasteiger partial charge in [0, 0.05) is 23.4 Å². The molecule has 0 aromatic heterocycles. The van der Waals surface area contributed by atoms with Gasteiger partial charge in [0.25, 0.3) is 5.91 Å². The van der Waals surface area contributed by atoms with Gasteiger partial charge in [-0.1, -0.05) is 36.7 Å². The molecule has 1 N–H and O–H groups in total. The Bertz CT molecular complexity index is 1010. The van der Waals surface area contributed by atoms with Crippen LogP contribution in [0.15, 0.2) is 47.6 Å². The number of carbonyl (C=O) groups is 1. The van der Waals surface area contributed by atoms with Crippen LogP contribution < -0.4 is 15.1 Å². The van der Waals surface area contributed by atoms with Gasteiger partial charge in [0.2, 0.25) is 0 Å². The second-order valence-electron chi connectivity index (χ2n) is 7.92. The number of halogens is 1. The lowest BCUT2D eigenvalue weighted by Crippen LogP contribution is -2.45. The normalized spacial score (nSPS) is 15.0. The molecule has 30 heavy (non-hydrogen) atoms. The molecular weight excluding hydrogens is 398 g/mol. The van der Waals surface area contributed by atoms with Crippen molar-refractivity contribution in [2.45, 2.75) is 39.7 Å². The molecule has 2 aromatic carbocycles. The van der Waals surface area contributed by atoms with Gasteiger partial charge in [-0.2, -0.15) is 5.10 Å². The van der Waals surface area contributed by atoms with E-state index < -0.39 is 0 Å². The number of hydrogen-bond donors (Lipinski definition) is 1. The zero-order valence-electron chi connectivity index (χ0n) is 18.1. The lowest BCUT2D eigenvalue weighted by molar-refractivity contribution is 0.0952. The van der Waals surface area contributed by atoms with Crippen LogP contribution in [0.2, 0.25) is 5.02 Å². The summed E-state index contributed by atoms with van der Waals surface area (Å²) in [7, 11) is 1.53. The fraction of sp³-hybridized carbons (Fsp3) is 0.333. The second kappa shape index (κ2) is 8.92. The lowest BCUT2D eigenvalue weighted by atomic mass is 9.88. The average molecular weight is 426 g/mol. The van der Waals surface area contributed by atoms with Crippen LogP contribution in [0.5, 0.6) is 5.75 Å². The van der Waals surface area contributed by atoms with Gasteiger partial charge in [0.05, 0.1) is 29.4 Å². The van der Waals surface area contributed by atoms with E-state index in [0.717, 1.165) is 29.8 Å². The number of carbonyl (C=O) groups excluding carboxylic acids is 1. The number of benzene rings is 2. The molecule has 0 radical (unpaired) electrons. The number of anilines is 1. The van der Waals surface area contributed by atoms with Gasteiger partial charge >= 0.3 is 0 Å². The number of amides is 1. The van der Waals surface area contributed by atoms with Crippen molar-refractivity contribution in [2.24, 2.45) is 5.10 Å². The summed E-state index contributed by atoms with van der Waals surface area (Å²) in [4.78, 5) is 14.8. The number of allylic oxidation sites excluding steroid dienone is 1. The molecule has 0 aliphatic carbocycles. The van der Waals surface area contributed by atoms with E-state index in [2.05, 4.69) is 49.2 Å². The van der Waals surface area contributed by atoms with Crippen LogP contribution in [-0.2, 0) is 0 Å². The lowest BCUT2D eigenvalue weighted by Gasteiger charge is -2.43. The first-order valence-corrected chi connectivity index (χ1v) is 10.4. The monoisotopic (exact) mass is 425 g/mol. The fourth-order valence-corrected chi connectivity index (χ4v) is 4.11. The van der Waals surface area contributed by atoms with Crippen molar-refractivity contribution in [1.82, 2.24) is 5.43 Å². The Morgan fingerprint density at radius 3 is 2.73 bits per heavy atom. The SMILES string of the molecule is CCCN1c2cc(Cl)c(/C=N\NC(=O)c3ccccc3OC)cc2C(C)=CC1(C)C. The first-order valence-electron chi connectivity index (χ1n) is 10.1. The van der Waals surface area contributed by atoms with Crippen molar-refractivity contribution in [2.75, 3.05) is 18.6 Å². The third-order valence-electron chi connectivity index (χ3n) is 5.26. The Hall–Kier alpha value is -2.79. The maximum atomic E-state index is 12.4. The van der Waals surface area contributed by atoms with Crippen LogP contribution in [-0.4, -0.2) is 31.3 Å². The summed E-state index contributed by atoms with van der Waals surface area (Å²) < 4.78 is 5.23. The Kier molecular flexibility index (Phi) is 6.52. The Morgan fingerprint density at radius 2 is 2.03 bits per heavy atom. The van der Waals surface area contributed by atoms with E-state index >= 15 is 0 Å². The average Bonchev–Trinajstić information content (AvgIpc) is 2.71. The fourth-order valence-electron chi connectivity index (χ4n) is 3.90. The number of para-hydroxylation sites is 1. The molecule has 0 unspecified atom stereocenters. The van der Waals surface area contributed by atoms with Crippen molar-refractivity contribution in [1.29, 1.82) is 0 Å². The molecule has 0 fully saturated rings. The molecule has 3 rings (SSSR count). The van der Waals surface area contributed by atoms with Crippen LogP contribution in [0.4, 0.5) is 5.69 Å². The largest absolute Gasteiger partial charge is 0.496 e. The standard InChI is InChI=1S/C24H28ClN3O2/c1-6-11-28-21-13-20(25)17(12-19(21)16(2)14-24(28,3)4)15-26-27-23(29)18-9-7-8-10-22(18)30-5/h7-10,12-15H,6,11H2,1-5H3,(H,27,29)/b26-15-. The number of hydrazone groups is 1. The van der Waals surface area contributed by atoms with Gasteiger partial charge < -0.3 is 9.64 Å². The minimum absolute atomic E-state index is 0.0747. The van der Waals surface area contributed by atoms with Crippen LogP contribution in [0.1, 0.15) is 55.6 Å². The summed E-state index contributed by atoms with van der Waals surface area (Å²) in [5.74, 6) is 0.154. The molecule has 1 aliphatic heterocycles. The molecule has 5 nitrogen and oxygen atoms in total. The van der Waals surface area contributed by atoms with Crippen LogP contribution in [0.25, 0.3) is 5.57 Å². The third kappa shape index (κ3) is 4.36. The molecule has 1 heterocycles. The molecule has 1 aliphatic rings. The molecular formula is C24H28ClN3O2. The van der Waals surface area contributed by atoms with Crippen LogP contribution >= 0.6 is 11.6 Å². The van der Waals surface area contributed by atoms with Gasteiger partial charge in [0.15, 0.2) is 0 Å². The number of ether oxygens (including phenoxy) is 1. The van der Waals surface area contributed by atoms with E-state index in [9.17, 15) is 4.79 Å². The highest BCUT2D eigenvalue weighted by Crippen LogP contribution is 2.41. The van der Waals surface area contributed by atoms with Crippen LogP contribution in [0, 0.1) is 0 Å². The van der Waals surface area contributed by atoms with Crippen molar-refractivity contribution in [3.05, 3.63) is 64.2 Å². The van der Waals surface area contributed by atoms with E-state index in [4.69, 9.17) is 16.3 Å². The highest BCUT2D eigenvalue weighted by molar-refractivity contribution is 6.33. The number of nitrogens with one attached hydrogen (secondary N) is 1. The number of methoxy groups -OCH3 is 1. The van der Waals surface area contributed by atoms with E-state index in [1.165, 1.54) is 12.7 Å². The van der Waals surface area contributed by atoms with Crippen LogP contribution in [0.3, 0.4) is 0 Å². The Balaban J connectivity index is 1.86.